The van der Waals surface area contributed by atoms with Crippen LogP contribution in [0.15, 0.2) is 23.7 Å². The summed E-state index contributed by atoms with van der Waals surface area (Å²) in [6, 6.07) is 0. The van der Waals surface area contributed by atoms with E-state index in [9.17, 15) is 19.8 Å². The van der Waals surface area contributed by atoms with Crippen molar-refractivity contribution in [3.63, 3.8) is 0 Å². The molecule has 1 fully saturated rings. The molecule has 0 aromatic carbocycles. The highest BCUT2D eigenvalue weighted by atomic mass is 16.8. The van der Waals surface area contributed by atoms with Gasteiger partial charge in [-0.3, -0.25) is 9.59 Å². The van der Waals surface area contributed by atoms with E-state index in [1.165, 1.54) is 13.8 Å². The first-order chi connectivity index (χ1) is 8.62. The van der Waals surface area contributed by atoms with Gasteiger partial charge in [-0.25, -0.2) is 0 Å². The number of rotatable bonds is 4. The van der Waals surface area contributed by atoms with Gasteiger partial charge in [-0.05, 0) is 27.7 Å². The van der Waals surface area contributed by atoms with Gasteiger partial charge in [0.05, 0.1) is 0 Å². The zero-order valence-corrected chi connectivity index (χ0v) is 11.3. The number of carbonyl (C=O) groups excluding carboxylic acids is 2. The average molecular weight is 270 g/mol. The van der Waals surface area contributed by atoms with Crippen LogP contribution < -0.4 is 0 Å². The second kappa shape index (κ2) is 5.54. The Hall–Kier alpha value is -1.66. The molecule has 0 aromatic heterocycles. The summed E-state index contributed by atoms with van der Waals surface area (Å²) in [6.45, 7) is 5.75. The Morgan fingerprint density at radius 2 is 1.26 bits per heavy atom. The number of hydrogen-bond acceptors (Lipinski definition) is 6. The number of aliphatic hydroxyl groups excluding tert-OH is 2. The van der Waals surface area contributed by atoms with Crippen LogP contribution in [-0.2, 0) is 19.1 Å². The Kier molecular flexibility index (Phi) is 4.49. The fourth-order valence-electron chi connectivity index (χ4n) is 1.77. The van der Waals surface area contributed by atoms with Crippen LogP contribution in [0.5, 0.6) is 0 Å². The molecule has 0 amide bonds. The standard InChI is InChI=1S/C13H18O6/c1-7(14)5-9(16)11-12(10(17)6-8(2)15)19-13(3,4)18-11/h5-6,11-12,16-17H,1-4H3/b9-5-,10-6+/t11-,12-/m0/s1. The fourth-order valence-corrected chi connectivity index (χ4v) is 1.77. The van der Waals surface area contributed by atoms with Crippen molar-refractivity contribution in [2.75, 3.05) is 0 Å². The van der Waals surface area contributed by atoms with Gasteiger partial charge in [0.2, 0.25) is 0 Å². The SMILES string of the molecule is CC(=O)/C=C(\O)[C@@H]1OC(C)(C)O[C@H]1/C(O)=C\C(C)=O. The molecule has 0 saturated carbocycles. The van der Waals surface area contributed by atoms with Crippen LogP contribution in [0.4, 0.5) is 0 Å². The molecule has 0 aromatic rings. The molecule has 0 radical (unpaired) electrons. The van der Waals surface area contributed by atoms with Crippen LogP contribution in [0.1, 0.15) is 27.7 Å². The third kappa shape index (κ3) is 4.18. The van der Waals surface area contributed by atoms with E-state index in [-0.39, 0.29) is 23.1 Å². The van der Waals surface area contributed by atoms with Crippen molar-refractivity contribution < 1.29 is 29.3 Å². The third-order valence-electron chi connectivity index (χ3n) is 2.38. The summed E-state index contributed by atoms with van der Waals surface area (Å²) in [4.78, 5) is 21.9. The zero-order valence-electron chi connectivity index (χ0n) is 11.3. The smallest absolute Gasteiger partial charge is 0.165 e. The lowest BCUT2D eigenvalue weighted by molar-refractivity contribution is -0.145. The summed E-state index contributed by atoms with van der Waals surface area (Å²) in [5, 5.41) is 19.6. The molecule has 0 unspecified atom stereocenters. The van der Waals surface area contributed by atoms with E-state index < -0.39 is 18.0 Å². The minimum Gasteiger partial charge on any atom is -0.509 e. The quantitative estimate of drug-likeness (QED) is 0.595. The number of ether oxygens (including phenoxy) is 2. The number of hydrogen-bond donors (Lipinski definition) is 2. The molecule has 1 saturated heterocycles. The van der Waals surface area contributed by atoms with Gasteiger partial charge >= 0.3 is 0 Å². The Labute approximate surface area is 111 Å². The summed E-state index contributed by atoms with van der Waals surface area (Å²) in [5.74, 6) is -2.48. The Morgan fingerprint density at radius 1 is 0.947 bits per heavy atom. The minimum atomic E-state index is -1.05. The monoisotopic (exact) mass is 270 g/mol. The molecule has 0 bridgehead atoms. The molecule has 0 aliphatic carbocycles. The molecule has 106 valence electrons. The van der Waals surface area contributed by atoms with Crippen molar-refractivity contribution in [3.05, 3.63) is 23.7 Å². The topological polar surface area (TPSA) is 93.1 Å². The summed E-state index contributed by atoms with van der Waals surface area (Å²) in [7, 11) is 0. The molecule has 6 nitrogen and oxygen atoms in total. The van der Waals surface area contributed by atoms with E-state index in [4.69, 9.17) is 9.47 Å². The Morgan fingerprint density at radius 3 is 1.53 bits per heavy atom. The van der Waals surface area contributed by atoms with Crippen LogP contribution in [0.3, 0.4) is 0 Å². The lowest BCUT2D eigenvalue weighted by Crippen LogP contribution is -2.27. The van der Waals surface area contributed by atoms with Crippen molar-refractivity contribution in [2.24, 2.45) is 0 Å². The van der Waals surface area contributed by atoms with E-state index in [1.807, 2.05) is 0 Å². The molecular weight excluding hydrogens is 252 g/mol. The van der Waals surface area contributed by atoms with Crippen molar-refractivity contribution >= 4 is 11.6 Å². The minimum absolute atomic E-state index is 0.355. The molecule has 1 heterocycles. The molecule has 1 aliphatic heterocycles. The predicted octanol–water partition coefficient (Wildman–Crippen LogP) is 1.57. The maximum absolute atomic E-state index is 11.0. The third-order valence-corrected chi connectivity index (χ3v) is 2.38. The van der Waals surface area contributed by atoms with Gasteiger partial charge in [-0.1, -0.05) is 0 Å². The van der Waals surface area contributed by atoms with Gasteiger partial charge in [0.25, 0.3) is 0 Å². The van der Waals surface area contributed by atoms with Crippen LogP contribution in [0.2, 0.25) is 0 Å². The highest BCUT2D eigenvalue weighted by molar-refractivity contribution is 5.88. The van der Waals surface area contributed by atoms with Gasteiger partial charge in [0, 0.05) is 12.2 Å². The van der Waals surface area contributed by atoms with Gasteiger partial charge < -0.3 is 19.7 Å². The van der Waals surface area contributed by atoms with Gasteiger partial charge in [0.15, 0.2) is 29.6 Å². The molecule has 2 N–H and O–H groups in total. The number of allylic oxidation sites excluding steroid dienone is 2. The zero-order chi connectivity index (χ0) is 14.8. The molecule has 0 spiro atoms. The van der Waals surface area contributed by atoms with Crippen LogP contribution in [0, 0.1) is 0 Å². The van der Waals surface area contributed by atoms with Crippen LogP contribution in [0.25, 0.3) is 0 Å². The van der Waals surface area contributed by atoms with Gasteiger partial charge in [-0.15, -0.1) is 0 Å². The van der Waals surface area contributed by atoms with Crippen LogP contribution in [-0.4, -0.2) is 39.8 Å². The first-order valence-corrected chi connectivity index (χ1v) is 5.80. The largest absolute Gasteiger partial charge is 0.509 e. The summed E-state index contributed by atoms with van der Waals surface area (Å²) in [6.07, 6.45) is -0.0866. The maximum atomic E-state index is 11.0. The van der Waals surface area contributed by atoms with E-state index >= 15 is 0 Å². The second-order valence-electron chi connectivity index (χ2n) is 4.84. The molecule has 19 heavy (non-hydrogen) atoms. The first-order valence-electron chi connectivity index (χ1n) is 5.80. The lowest BCUT2D eigenvalue weighted by atomic mass is 10.1. The van der Waals surface area contributed by atoms with Crippen LogP contribution >= 0.6 is 0 Å². The van der Waals surface area contributed by atoms with Crippen molar-refractivity contribution in [2.45, 2.75) is 45.7 Å². The highest BCUT2D eigenvalue weighted by Crippen LogP contribution is 2.34. The Bertz CT molecular complexity index is 406. The molecule has 1 rings (SSSR count). The maximum Gasteiger partial charge on any atom is 0.165 e. The van der Waals surface area contributed by atoms with Gasteiger partial charge in [-0.2, -0.15) is 0 Å². The van der Waals surface area contributed by atoms with E-state index in [0.29, 0.717) is 0 Å². The van der Waals surface area contributed by atoms with E-state index in [1.54, 1.807) is 13.8 Å². The fraction of sp³-hybridized carbons (Fsp3) is 0.538. The molecular formula is C13H18O6. The summed E-state index contributed by atoms with van der Waals surface area (Å²) < 4.78 is 10.8. The van der Waals surface area contributed by atoms with Crippen molar-refractivity contribution in [1.29, 1.82) is 0 Å². The Balaban J connectivity index is 3.06. The predicted molar refractivity (Wildman–Crippen MR) is 66.6 cm³/mol. The molecule has 2 atom stereocenters. The van der Waals surface area contributed by atoms with Crippen molar-refractivity contribution in [1.82, 2.24) is 0 Å². The molecule has 6 heteroatoms. The first kappa shape index (κ1) is 15.4. The normalized spacial score (nSPS) is 27.4. The van der Waals surface area contributed by atoms with E-state index in [2.05, 4.69) is 0 Å². The number of carbonyl (C=O) groups is 2. The van der Waals surface area contributed by atoms with Gasteiger partial charge in [0.1, 0.15) is 11.5 Å². The molecule has 1 aliphatic rings. The van der Waals surface area contributed by atoms with Crippen molar-refractivity contribution in [3.8, 4) is 0 Å². The number of aliphatic hydroxyl groups is 2. The lowest BCUT2D eigenvalue weighted by Gasteiger charge is -2.16. The summed E-state index contributed by atoms with van der Waals surface area (Å²) >= 11 is 0. The van der Waals surface area contributed by atoms with E-state index in [0.717, 1.165) is 12.2 Å². The number of ketones is 2. The average Bonchev–Trinajstić information content (AvgIpc) is 2.52. The highest BCUT2D eigenvalue weighted by Gasteiger charge is 2.45. The summed E-state index contributed by atoms with van der Waals surface area (Å²) in [5.41, 5.74) is 0. The second-order valence-corrected chi connectivity index (χ2v) is 4.84.